The van der Waals surface area contributed by atoms with Crippen LogP contribution in [-0.4, -0.2) is 28.4 Å². The first kappa shape index (κ1) is 14.1. The monoisotopic (exact) mass is 329 g/mol. The maximum absolute atomic E-state index is 12.0. The summed E-state index contributed by atoms with van der Waals surface area (Å²) in [6.07, 6.45) is 0.0328. The average molecular weight is 330 g/mol. The molecule has 2 heterocycles. The van der Waals surface area contributed by atoms with Gasteiger partial charge in [-0.25, -0.2) is 0 Å². The Balaban J connectivity index is 2.35. The molecule has 5 nitrogen and oxygen atoms in total. The van der Waals surface area contributed by atoms with Crippen LogP contribution < -0.4 is 0 Å². The summed E-state index contributed by atoms with van der Waals surface area (Å²) in [6.45, 7) is 4.53. The van der Waals surface area contributed by atoms with E-state index in [0.717, 1.165) is 0 Å². The molecule has 1 aliphatic heterocycles. The summed E-state index contributed by atoms with van der Waals surface area (Å²) in [5.41, 5.74) is 0. The van der Waals surface area contributed by atoms with Crippen molar-refractivity contribution in [2.45, 2.75) is 26.3 Å². The zero-order chi connectivity index (χ0) is 14.2. The van der Waals surface area contributed by atoms with E-state index in [1.807, 2.05) is 13.8 Å². The summed E-state index contributed by atoms with van der Waals surface area (Å²) >= 11 is 3.20. The number of nitrogens with zero attached hydrogens (tertiary/aromatic N) is 1. The zero-order valence-corrected chi connectivity index (χ0v) is 12.4. The van der Waals surface area contributed by atoms with E-state index in [2.05, 4.69) is 15.9 Å². The standard InChI is InChI=1S/C13H16BrNO4/c1-7(2)6-15-11(16)5-8(13(17)18)12(15)9-3-4-10(14)19-9/h3-4,7-8,12H,5-6H2,1-2H3,(H,17,18). The molecule has 0 saturated carbocycles. The maximum atomic E-state index is 12.0. The number of aliphatic carboxylic acids is 1. The third kappa shape index (κ3) is 2.83. The Morgan fingerprint density at radius 2 is 2.26 bits per heavy atom. The van der Waals surface area contributed by atoms with Gasteiger partial charge in [0.05, 0.1) is 5.92 Å². The van der Waals surface area contributed by atoms with Gasteiger partial charge in [0.25, 0.3) is 0 Å². The van der Waals surface area contributed by atoms with E-state index < -0.39 is 17.9 Å². The molecule has 1 aliphatic rings. The number of hydrogen-bond acceptors (Lipinski definition) is 3. The van der Waals surface area contributed by atoms with Gasteiger partial charge in [0.1, 0.15) is 11.8 Å². The zero-order valence-electron chi connectivity index (χ0n) is 10.8. The van der Waals surface area contributed by atoms with Gasteiger partial charge >= 0.3 is 5.97 Å². The van der Waals surface area contributed by atoms with E-state index in [0.29, 0.717) is 17.0 Å². The van der Waals surface area contributed by atoms with Crippen LogP contribution in [-0.2, 0) is 9.59 Å². The van der Waals surface area contributed by atoms with Crippen LogP contribution in [0.3, 0.4) is 0 Å². The number of amides is 1. The molecule has 0 spiro atoms. The van der Waals surface area contributed by atoms with Crippen molar-refractivity contribution in [2.24, 2.45) is 11.8 Å². The molecular weight excluding hydrogens is 314 g/mol. The van der Waals surface area contributed by atoms with Gasteiger partial charge in [-0.2, -0.15) is 0 Å². The van der Waals surface area contributed by atoms with Crippen LogP contribution in [0.5, 0.6) is 0 Å². The molecule has 0 bridgehead atoms. The van der Waals surface area contributed by atoms with Gasteiger partial charge in [0.2, 0.25) is 5.91 Å². The average Bonchev–Trinajstić information content (AvgIpc) is 2.84. The highest BCUT2D eigenvalue weighted by Gasteiger charge is 2.46. The molecule has 2 rings (SSSR count). The molecule has 0 aromatic carbocycles. The number of halogens is 1. The topological polar surface area (TPSA) is 70.8 Å². The SMILES string of the molecule is CC(C)CN1C(=O)CC(C(=O)O)C1c1ccc(Br)o1. The van der Waals surface area contributed by atoms with E-state index in [1.165, 1.54) is 0 Å². The van der Waals surface area contributed by atoms with Crippen molar-refractivity contribution in [3.05, 3.63) is 22.6 Å². The minimum Gasteiger partial charge on any atom is -0.481 e. The quantitative estimate of drug-likeness (QED) is 0.921. The second kappa shape index (κ2) is 5.36. The fourth-order valence-electron chi connectivity index (χ4n) is 2.46. The molecule has 6 heteroatoms. The molecule has 1 saturated heterocycles. The fourth-order valence-corrected chi connectivity index (χ4v) is 2.78. The molecule has 2 unspecified atom stereocenters. The Bertz CT molecular complexity index is 497. The number of carboxylic acids is 1. The van der Waals surface area contributed by atoms with Crippen LogP contribution >= 0.6 is 15.9 Å². The third-order valence-electron chi connectivity index (χ3n) is 3.20. The molecule has 0 radical (unpaired) electrons. The van der Waals surface area contributed by atoms with Gasteiger partial charge in [-0.15, -0.1) is 0 Å². The number of carbonyl (C=O) groups excluding carboxylic acids is 1. The minimum atomic E-state index is -0.961. The summed E-state index contributed by atoms with van der Waals surface area (Å²) in [6, 6.07) is 2.92. The Labute approximate surface area is 119 Å². The number of likely N-dealkylation sites (tertiary alicyclic amines) is 1. The molecule has 19 heavy (non-hydrogen) atoms. The highest BCUT2D eigenvalue weighted by molar-refractivity contribution is 9.10. The lowest BCUT2D eigenvalue weighted by Gasteiger charge is -2.26. The molecular formula is C13H16BrNO4. The maximum Gasteiger partial charge on any atom is 0.309 e. The molecule has 104 valence electrons. The molecule has 1 N–H and O–H groups in total. The van der Waals surface area contributed by atoms with Crippen molar-refractivity contribution in [1.82, 2.24) is 4.90 Å². The van der Waals surface area contributed by atoms with Crippen LogP contribution in [0.25, 0.3) is 0 Å². The van der Waals surface area contributed by atoms with Crippen molar-refractivity contribution in [2.75, 3.05) is 6.54 Å². The number of carbonyl (C=O) groups is 2. The number of rotatable bonds is 4. The van der Waals surface area contributed by atoms with Crippen LogP contribution in [0.1, 0.15) is 32.1 Å². The molecule has 0 aliphatic carbocycles. The summed E-state index contributed by atoms with van der Waals surface area (Å²) in [7, 11) is 0. The van der Waals surface area contributed by atoms with Crippen molar-refractivity contribution in [1.29, 1.82) is 0 Å². The Kier molecular flexibility index (Phi) is 3.99. The lowest BCUT2D eigenvalue weighted by molar-refractivity contribution is -0.143. The molecule has 1 fully saturated rings. The van der Waals surface area contributed by atoms with E-state index in [9.17, 15) is 14.7 Å². The van der Waals surface area contributed by atoms with Crippen LogP contribution in [0.15, 0.2) is 21.2 Å². The number of hydrogen-bond donors (Lipinski definition) is 1. The molecule has 1 aromatic heterocycles. The predicted molar refractivity (Wildman–Crippen MR) is 71.4 cm³/mol. The first-order valence-electron chi connectivity index (χ1n) is 6.17. The van der Waals surface area contributed by atoms with Crippen molar-refractivity contribution < 1.29 is 19.1 Å². The summed E-state index contributed by atoms with van der Waals surface area (Å²) in [4.78, 5) is 25.0. The van der Waals surface area contributed by atoms with Gasteiger partial charge in [0.15, 0.2) is 4.67 Å². The Morgan fingerprint density at radius 3 is 2.74 bits per heavy atom. The van der Waals surface area contributed by atoms with E-state index in [1.54, 1.807) is 17.0 Å². The smallest absolute Gasteiger partial charge is 0.309 e. The van der Waals surface area contributed by atoms with Gasteiger partial charge in [-0.3, -0.25) is 9.59 Å². The van der Waals surface area contributed by atoms with Crippen molar-refractivity contribution >= 4 is 27.8 Å². The van der Waals surface area contributed by atoms with Crippen LogP contribution in [0, 0.1) is 11.8 Å². The van der Waals surface area contributed by atoms with E-state index >= 15 is 0 Å². The molecule has 1 amide bonds. The predicted octanol–water partition coefficient (Wildman–Crippen LogP) is 2.67. The Morgan fingerprint density at radius 1 is 1.58 bits per heavy atom. The lowest BCUT2D eigenvalue weighted by Crippen LogP contribution is -2.33. The summed E-state index contributed by atoms with van der Waals surface area (Å²) in [5.74, 6) is -1.04. The van der Waals surface area contributed by atoms with Gasteiger partial charge in [-0.05, 0) is 34.0 Å². The van der Waals surface area contributed by atoms with Crippen molar-refractivity contribution in [3.8, 4) is 0 Å². The lowest BCUT2D eigenvalue weighted by atomic mass is 9.98. The highest BCUT2D eigenvalue weighted by Crippen LogP contribution is 2.40. The van der Waals surface area contributed by atoms with Gasteiger partial charge in [0, 0.05) is 13.0 Å². The van der Waals surface area contributed by atoms with Crippen LogP contribution in [0.4, 0.5) is 0 Å². The summed E-state index contributed by atoms with van der Waals surface area (Å²) < 4.78 is 6.00. The first-order chi connectivity index (χ1) is 8.90. The second-order valence-electron chi connectivity index (χ2n) is 5.18. The molecule has 1 aromatic rings. The molecule has 2 atom stereocenters. The minimum absolute atomic E-state index is 0.0328. The first-order valence-corrected chi connectivity index (χ1v) is 6.97. The van der Waals surface area contributed by atoms with Crippen molar-refractivity contribution in [3.63, 3.8) is 0 Å². The largest absolute Gasteiger partial charge is 0.481 e. The van der Waals surface area contributed by atoms with E-state index in [4.69, 9.17) is 4.42 Å². The third-order valence-corrected chi connectivity index (χ3v) is 3.62. The van der Waals surface area contributed by atoms with Gasteiger partial charge in [-0.1, -0.05) is 13.8 Å². The van der Waals surface area contributed by atoms with E-state index in [-0.39, 0.29) is 18.2 Å². The van der Waals surface area contributed by atoms with Crippen LogP contribution in [0.2, 0.25) is 0 Å². The highest BCUT2D eigenvalue weighted by atomic mass is 79.9. The Hall–Kier alpha value is -1.30. The van der Waals surface area contributed by atoms with Gasteiger partial charge < -0.3 is 14.4 Å². The fraction of sp³-hybridized carbons (Fsp3) is 0.538. The second-order valence-corrected chi connectivity index (χ2v) is 5.96. The number of furan rings is 1. The number of carboxylic acid groups (broad SMARTS) is 1. The summed E-state index contributed by atoms with van der Waals surface area (Å²) in [5, 5.41) is 9.29. The normalized spacial score (nSPS) is 23.4.